The van der Waals surface area contributed by atoms with Gasteiger partial charge in [-0.1, -0.05) is 0 Å². The van der Waals surface area contributed by atoms with E-state index in [9.17, 15) is 24.8 Å². The maximum Gasteiger partial charge on any atom is 0.229 e. The topological polar surface area (TPSA) is 129 Å². The van der Waals surface area contributed by atoms with Crippen LogP contribution in [-0.2, 0) is 4.74 Å². The fraction of sp³-hybridized carbons (Fsp3) is 0.500. The molecular weight excluding hydrogens is 339 g/mol. The Bertz CT molecular complexity index is 676. The van der Waals surface area contributed by atoms with E-state index < -0.39 is 49.4 Å². The van der Waals surface area contributed by atoms with Crippen molar-refractivity contribution in [2.24, 2.45) is 0 Å². The number of aliphatic hydroxyl groups excluding tert-OH is 5. The lowest BCUT2D eigenvalue weighted by Gasteiger charge is -2.39. The Morgan fingerprint density at radius 2 is 1.84 bits per heavy atom. The molecule has 2 aliphatic rings. The molecule has 2 aliphatic heterocycles. The van der Waals surface area contributed by atoms with Gasteiger partial charge in [0.05, 0.1) is 12.2 Å². The van der Waals surface area contributed by atoms with E-state index >= 15 is 0 Å². The van der Waals surface area contributed by atoms with Crippen LogP contribution in [0.4, 0.5) is 4.39 Å². The first-order valence-electron chi connectivity index (χ1n) is 7.66. The Kier molecular flexibility index (Phi) is 4.96. The van der Waals surface area contributed by atoms with E-state index in [1.54, 1.807) is 6.92 Å². The van der Waals surface area contributed by atoms with E-state index in [0.29, 0.717) is 5.57 Å². The summed E-state index contributed by atoms with van der Waals surface area (Å²) >= 11 is 0. The third-order valence-electron chi connectivity index (χ3n) is 4.16. The molecule has 0 spiro atoms. The summed E-state index contributed by atoms with van der Waals surface area (Å²) in [7, 11) is 0. The molecule has 0 aliphatic carbocycles. The third-order valence-corrected chi connectivity index (χ3v) is 4.16. The van der Waals surface area contributed by atoms with Gasteiger partial charge in [0.2, 0.25) is 12.6 Å². The molecule has 25 heavy (non-hydrogen) atoms. The molecule has 1 unspecified atom stereocenters. The highest BCUT2D eigenvalue weighted by Gasteiger charge is 2.44. The first-order chi connectivity index (χ1) is 11.8. The summed E-state index contributed by atoms with van der Waals surface area (Å²) in [5.74, 6) is -0.702. The van der Waals surface area contributed by atoms with Crippen molar-refractivity contribution in [3.8, 4) is 11.5 Å². The second-order valence-electron chi connectivity index (χ2n) is 5.95. The van der Waals surface area contributed by atoms with Crippen molar-refractivity contribution in [3.05, 3.63) is 29.6 Å². The number of allylic oxidation sites excluding steroid dienone is 1. The third kappa shape index (κ3) is 3.34. The predicted octanol–water partition coefficient (Wildman–Crippen LogP) is -0.882. The Labute approximate surface area is 142 Å². The van der Waals surface area contributed by atoms with Crippen molar-refractivity contribution in [1.29, 1.82) is 0 Å². The zero-order chi connectivity index (χ0) is 18.3. The lowest BCUT2D eigenvalue weighted by Crippen LogP contribution is -2.60. The molecule has 3 rings (SSSR count). The van der Waals surface area contributed by atoms with Crippen LogP contribution >= 0.6 is 0 Å². The second kappa shape index (κ2) is 6.87. The quantitative estimate of drug-likeness (QED) is 0.471. The van der Waals surface area contributed by atoms with Gasteiger partial charge in [-0.2, -0.15) is 0 Å². The van der Waals surface area contributed by atoms with Crippen molar-refractivity contribution < 1.29 is 44.1 Å². The molecule has 138 valence electrons. The average Bonchev–Trinajstić information content (AvgIpc) is 2.54. The molecule has 0 aromatic heterocycles. The second-order valence-corrected chi connectivity index (χ2v) is 5.95. The zero-order valence-electron chi connectivity index (χ0n) is 13.2. The molecular formula is C16H19FO8. The van der Waals surface area contributed by atoms with Crippen LogP contribution in [0.1, 0.15) is 12.5 Å². The standard InChI is InChI=1S/C16H19FO8/c1-6-2-11(19)24-9-4-7(3-8(17)12(6)9)23-16-15(22)14(21)13(20)10(5-18)25-16/h2-4,10-11,13-16,18-22H,5H2,1H3/t10-,11?,13-,14+,15-,16+/m1/s1. The van der Waals surface area contributed by atoms with Gasteiger partial charge in [0.15, 0.2) is 0 Å². The highest BCUT2D eigenvalue weighted by molar-refractivity contribution is 5.72. The molecule has 1 aromatic rings. The molecule has 8 nitrogen and oxygen atoms in total. The zero-order valence-corrected chi connectivity index (χ0v) is 13.2. The van der Waals surface area contributed by atoms with Gasteiger partial charge in [0.1, 0.15) is 41.7 Å². The first-order valence-corrected chi connectivity index (χ1v) is 7.66. The molecule has 0 radical (unpaired) electrons. The molecule has 1 aromatic carbocycles. The number of hydrogen-bond acceptors (Lipinski definition) is 8. The molecule has 0 bridgehead atoms. The normalized spacial score (nSPS) is 34.8. The van der Waals surface area contributed by atoms with Gasteiger partial charge < -0.3 is 39.7 Å². The van der Waals surface area contributed by atoms with Gasteiger partial charge in [-0.3, -0.25) is 0 Å². The molecule has 5 N–H and O–H groups in total. The van der Waals surface area contributed by atoms with Gasteiger partial charge in [0, 0.05) is 12.1 Å². The van der Waals surface area contributed by atoms with Crippen molar-refractivity contribution in [2.45, 2.75) is 43.9 Å². The minimum atomic E-state index is -1.62. The average molecular weight is 358 g/mol. The number of fused-ring (bicyclic) bond motifs is 1. The Balaban J connectivity index is 1.85. The van der Waals surface area contributed by atoms with E-state index in [4.69, 9.17) is 19.3 Å². The summed E-state index contributed by atoms with van der Waals surface area (Å²) < 4.78 is 30.0. The summed E-state index contributed by atoms with van der Waals surface area (Å²) in [6.07, 6.45) is -7.22. The van der Waals surface area contributed by atoms with Crippen LogP contribution in [0.3, 0.4) is 0 Å². The van der Waals surface area contributed by atoms with Gasteiger partial charge in [-0.05, 0) is 18.6 Å². The van der Waals surface area contributed by atoms with Gasteiger partial charge >= 0.3 is 0 Å². The lowest BCUT2D eigenvalue weighted by atomic mass is 9.99. The lowest BCUT2D eigenvalue weighted by molar-refractivity contribution is -0.277. The highest BCUT2D eigenvalue weighted by atomic mass is 19.1. The Morgan fingerprint density at radius 1 is 1.12 bits per heavy atom. The van der Waals surface area contributed by atoms with E-state index in [-0.39, 0.29) is 17.1 Å². The molecule has 0 amide bonds. The molecule has 6 atom stereocenters. The molecule has 1 saturated heterocycles. The minimum absolute atomic E-state index is 0.0482. The molecule has 2 heterocycles. The fourth-order valence-electron chi connectivity index (χ4n) is 2.86. The predicted molar refractivity (Wildman–Crippen MR) is 81.1 cm³/mol. The Hall–Kier alpha value is -1.75. The smallest absolute Gasteiger partial charge is 0.229 e. The van der Waals surface area contributed by atoms with Crippen molar-refractivity contribution >= 4 is 5.57 Å². The summed E-state index contributed by atoms with van der Waals surface area (Å²) in [5.41, 5.74) is 0.664. The van der Waals surface area contributed by atoms with E-state index in [1.807, 2.05) is 0 Å². The summed E-state index contributed by atoms with van der Waals surface area (Å²) in [6, 6.07) is 2.35. The van der Waals surface area contributed by atoms with Crippen molar-refractivity contribution in [2.75, 3.05) is 6.61 Å². The summed E-state index contributed by atoms with van der Waals surface area (Å²) in [4.78, 5) is 0. The van der Waals surface area contributed by atoms with E-state index in [1.165, 1.54) is 12.1 Å². The van der Waals surface area contributed by atoms with E-state index in [0.717, 1.165) is 6.07 Å². The molecule has 0 saturated carbocycles. The molecule has 9 heteroatoms. The largest absolute Gasteiger partial charge is 0.462 e. The van der Waals surface area contributed by atoms with Crippen LogP contribution in [0.2, 0.25) is 0 Å². The van der Waals surface area contributed by atoms with Crippen molar-refractivity contribution in [3.63, 3.8) is 0 Å². The van der Waals surface area contributed by atoms with Crippen LogP contribution in [0.5, 0.6) is 11.5 Å². The summed E-state index contributed by atoms with van der Waals surface area (Å²) in [6.45, 7) is 1.01. The van der Waals surface area contributed by atoms with Crippen LogP contribution < -0.4 is 9.47 Å². The van der Waals surface area contributed by atoms with Crippen molar-refractivity contribution in [1.82, 2.24) is 0 Å². The van der Waals surface area contributed by atoms with Crippen LogP contribution in [0.15, 0.2) is 18.2 Å². The molecule has 1 fully saturated rings. The van der Waals surface area contributed by atoms with Gasteiger partial charge in [-0.25, -0.2) is 4.39 Å². The number of ether oxygens (including phenoxy) is 3. The van der Waals surface area contributed by atoms with Crippen LogP contribution in [-0.4, -0.2) is 69.1 Å². The number of halogens is 1. The highest BCUT2D eigenvalue weighted by Crippen LogP contribution is 2.37. The van der Waals surface area contributed by atoms with Gasteiger partial charge in [-0.15, -0.1) is 0 Å². The van der Waals surface area contributed by atoms with Gasteiger partial charge in [0.25, 0.3) is 0 Å². The monoisotopic (exact) mass is 358 g/mol. The summed E-state index contributed by atoms with van der Waals surface area (Å²) in [5, 5.41) is 48.2. The van der Waals surface area contributed by atoms with Crippen LogP contribution in [0, 0.1) is 5.82 Å². The van der Waals surface area contributed by atoms with Crippen LogP contribution in [0.25, 0.3) is 5.57 Å². The fourth-order valence-corrected chi connectivity index (χ4v) is 2.86. The number of hydrogen-bond donors (Lipinski definition) is 5. The maximum atomic E-state index is 14.3. The SMILES string of the molecule is CC1=CC(O)Oc2cc(O[C@H]3O[C@H](CO)[C@@H](O)[C@H](O)[C@H]3O)cc(F)c21. The number of benzene rings is 1. The van der Waals surface area contributed by atoms with E-state index in [2.05, 4.69) is 0 Å². The number of aliphatic hydroxyl groups is 5. The first kappa shape index (κ1) is 18.1. The maximum absolute atomic E-state index is 14.3. The Morgan fingerprint density at radius 3 is 2.52 bits per heavy atom. The minimum Gasteiger partial charge on any atom is -0.462 e. The number of rotatable bonds is 3.